The molecular formula is C13H17N3O. The number of fused-ring (bicyclic) bond motifs is 1. The van der Waals surface area contributed by atoms with Gasteiger partial charge in [0.1, 0.15) is 5.65 Å². The topological polar surface area (TPSA) is 38.6 Å². The minimum atomic E-state index is 0.775. The first kappa shape index (κ1) is 10.6. The molecular weight excluding hydrogens is 214 g/mol. The maximum atomic E-state index is 5.83. The molecule has 1 atom stereocenters. The van der Waals surface area contributed by atoms with Crippen LogP contribution in [0.2, 0.25) is 0 Å². The number of nitrogens with one attached hydrogen (secondary N) is 1. The molecule has 1 aliphatic heterocycles. The second-order valence-electron chi connectivity index (χ2n) is 4.52. The molecule has 0 amide bonds. The van der Waals surface area contributed by atoms with Gasteiger partial charge in [0.05, 0.1) is 6.61 Å². The van der Waals surface area contributed by atoms with Crippen molar-refractivity contribution < 1.29 is 4.74 Å². The Hall–Kier alpha value is -1.55. The highest BCUT2D eigenvalue weighted by atomic mass is 16.5. The van der Waals surface area contributed by atoms with Crippen molar-refractivity contribution in [2.24, 2.45) is 5.92 Å². The summed E-state index contributed by atoms with van der Waals surface area (Å²) < 4.78 is 7.81. The SMILES string of the molecule is c1cc(OCCC2CCNC2)n2ccnc2c1. The standard InChI is InChI=1S/C13H17N3O/c1-2-12-15-7-8-16(12)13(3-1)17-9-5-11-4-6-14-10-11/h1-3,7-8,11,14H,4-6,9-10H2. The third kappa shape index (κ3) is 2.26. The van der Waals surface area contributed by atoms with Crippen LogP contribution in [0, 0.1) is 5.92 Å². The molecule has 3 rings (SSSR count). The minimum Gasteiger partial charge on any atom is -0.479 e. The first-order valence-corrected chi connectivity index (χ1v) is 6.19. The molecule has 1 unspecified atom stereocenters. The van der Waals surface area contributed by atoms with Crippen LogP contribution in [0.15, 0.2) is 30.6 Å². The molecule has 0 spiro atoms. The van der Waals surface area contributed by atoms with Gasteiger partial charge in [-0.25, -0.2) is 4.98 Å². The van der Waals surface area contributed by atoms with Crippen LogP contribution in [-0.4, -0.2) is 29.1 Å². The van der Waals surface area contributed by atoms with Crippen molar-refractivity contribution in [1.82, 2.24) is 14.7 Å². The first-order valence-electron chi connectivity index (χ1n) is 6.19. The summed E-state index contributed by atoms with van der Waals surface area (Å²) in [5.74, 6) is 1.66. The molecule has 1 aliphatic rings. The number of pyridine rings is 1. The van der Waals surface area contributed by atoms with Crippen molar-refractivity contribution in [1.29, 1.82) is 0 Å². The summed E-state index contributed by atoms with van der Waals surface area (Å²) in [6.07, 6.45) is 6.13. The van der Waals surface area contributed by atoms with E-state index in [0.717, 1.165) is 43.6 Å². The summed E-state index contributed by atoms with van der Waals surface area (Å²) in [6.45, 7) is 3.07. The minimum absolute atomic E-state index is 0.775. The van der Waals surface area contributed by atoms with E-state index in [1.165, 1.54) is 6.42 Å². The Morgan fingerprint density at radius 2 is 2.47 bits per heavy atom. The fraction of sp³-hybridized carbons (Fsp3) is 0.462. The van der Waals surface area contributed by atoms with Gasteiger partial charge in [-0.1, -0.05) is 6.07 Å². The molecule has 0 radical (unpaired) electrons. The summed E-state index contributed by atoms with van der Waals surface area (Å²) in [7, 11) is 0. The first-order chi connectivity index (χ1) is 8.43. The van der Waals surface area contributed by atoms with Gasteiger partial charge in [0.2, 0.25) is 0 Å². The van der Waals surface area contributed by atoms with Crippen LogP contribution >= 0.6 is 0 Å². The van der Waals surface area contributed by atoms with E-state index >= 15 is 0 Å². The predicted molar refractivity (Wildman–Crippen MR) is 66.3 cm³/mol. The molecule has 1 saturated heterocycles. The number of nitrogens with zero attached hydrogens (tertiary/aromatic N) is 2. The van der Waals surface area contributed by atoms with E-state index in [9.17, 15) is 0 Å². The van der Waals surface area contributed by atoms with Gasteiger partial charge in [0, 0.05) is 12.4 Å². The predicted octanol–water partition coefficient (Wildman–Crippen LogP) is 1.71. The second kappa shape index (κ2) is 4.75. The van der Waals surface area contributed by atoms with E-state index in [1.807, 2.05) is 28.8 Å². The third-order valence-electron chi connectivity index (χ3n) is 3.33. The monoisotopic (exact) mass is 231 g/mol. The molecule has 0 aliphatic carbocycles. The lowest BCUT2D eigenvalue weighted by Gasteiger charge is -2.11. The number of rotatable bonds is 4. The summed E-state index contributed by atoms with van der Waals surface area (Å²) >= 11 is 0. The van der Waals surface area contributed by atoms with Crippen LogP contribution in [-0.2, 0) is 0 Å². The average Bonchev–Trinajstić information content (AvgIpc) is 2.99. The van der Waals surface area contributed by atoms with Crippen LogP contribution in [0.25, 0.3) is 5.65 Å². The lowest BCUT2D eigenvalue weighted by Crippen LogP contribution is -2.12. The van der Waals surface area contributed by atoms with Crippen molar-refractivity contribution in [2.75, 3.05) is 19.7 Å². The van der Waals surface area contributed by atoms with Crippen molar-refractivity contribution in [3.05, 3.63) is 30.6 Å². The molecule has 0 aromatic carbocycles. The van der Waals surface area contributed by atoms with Gasteiger partial charge in [-0.05, 0) is 44.0 Å². The van der Waals surface area contributed by atoms with Crippen LogP contribution < -0.4 is 10.1 Å². The van der Waals surface area contributed by atoms with Crippen LogP contribution in [0.1, 0.15) is 12.8 Å². The quantitative estimate of drug-likeness (QED) is 0.870. The summed E-state index contributed by atoms with van der Waals surface area (Å²) in [4.78, 5) is 4.24. The molecule has 1 fully saturated rings. The molecule has 1 N–H and O–H groups in total. The number of aromatic nitrogens is 2. The molecule has 0 bridgehead atoms. The molecule has 2 aromatic rings. The molecule has 0 saturated carbocycles. The Bertz CT molecular complexity index is 488. The summed E-state index contributed by atoms with van der Waals surface area (Å²) in [5.41, 5.74) is 0.935. The van der Waals surface area contributed by atoms with E-state index in [0.29, 0.717) is 0 Å². The molecule has 90 valence electrons. The van der Waals surface area contributed by atoms with Crippen molar-refractivity contribution in [3.8, 4) is 5.88 Å². The van der Waals surface area contributed by atoms with Crippen molar-refractivity contribution >= 4 is 5.65 Å². The lowest BCUT2D eigenvalue weighted by atomic mass is 10.1. The molecule has 17 heavy (non-hydrogen) atoms. The van der Waals surface area contributed by atoms with Crippen LogP contribution in [0.5, 0.6) is 5.88 Å². The van der Waals surface area contributed by atoms with Gasteiger partial charge in [0.15, 0.2) is 5.88 Å². The zero-order valence-electron chi connectivity index (χ0n) is 9.80. The Kier molecular flexibility index (Phi) is 2.96. The van der Waals surface area contributed by atoms with Crippen molar-refractivity contribution in [3.63, 3.8) is 0 Å². The largest absolute Gasteiger partial charge is 0.479 e. The third-order valence-corrected chi connectivity index (χ3v) is 3.33. The number of ether oxygens (including phenoxy) is 1. The zero-order valence-corrected chi connectivity index (χ0v) is 9.80. The maximum Gasteiger partial charge on any atom is 0.199 e. The van der Waals surface area contributed by atoms with E-state index in [2.05, 4.69) is 10.3 Å². The highest BCUT2D eigenvalue weighted by Crippen LogP contribution is 2.16. The van der Waals surface area contributed by atoms with Crippen molar-refractivity contribution in [2.45, 2.75) is 12.8 Å². The van der Waals surface area contributed by atoms with Gasteiger partial charge in [-0.3, -0.25) is 4.40 Å². The molecule has 4 nitrogen and oxygen atoms in total. The molecule has 2 aromatic heterocycles. The second-order valence-corrected chi connectivity index (χ2v) is 4.52. The number of imidazole rings is 1. The fourth-order valence-corrected chi connectivity index (χ4v) is 2.33. The van der Waals surface area contributed by atoms with E-state index < -0.39 is 0 Å². The van der Waals surface area contributed by atoms with Gasteiger partial charge in [-0.2, -0.15) is 0 Å². The fourth-order valence-electron chi connectivity index (χ4n) is 2.33. The summed E-state index contributed by atoms with van der Waals surface area (Å²) in [6, 6.07) is 5.95. The normalized spacial score (nSPS) is 19.9. The summed E-state index contributed by atoms with van der Waals surface area (Å²) in [5, 5.41) is 3.38. The smallest absolute Gasteiger partial charge is 0.199 e. The highest BCUT2D eigenvalue weighted by Gasteiger charge is 2.14. The van der Waals surface area contributed by atoms with E-state index in [4.69, 9.17) is 4.74 Å². The Balaban J connectivity index is 1.62. The Morgan fingerprint density at radius 3 is 3.35 bits per heavy atom. The average molecular weight is 231 g/mol. The van der Waals surface area contributed by atoms with Gasteiger partial charge >= 0.3 is 0 Å². The lowest BCUT2D eigenvalue weighted by molar-refractivity contribution is 0.271. The Labute approximate surface area is 101 Å². The Morgan fingerprint density at radius 1 is 1.47 bits per heavy atom. The van der Waals surface area contributed by atoms with E-state index in [1.54, 1.807) is 6.20 Å². The van der Waals surface area contributed by atoms with Crippen LogP contribution in [0.4, 0.5) is 0 Å². The number of hydrogen-bond donors (Lipinski definition) is 1. The highest BCUT2D eigenvalue weighted by molar-refractivity contribution is 5.41. The van der Waals surface area contributed by atoms with E-state index in [-0.39, 0.29) is 0 Å². The van der Waals surface area contributed by atoms with Gasteiger partial charge < -0.3 is 10.1 Å². The zero-order chi connectivity index (χ0) is 11.5. The number of hydrogen-bond acceptors (Lipinski definition) is 3. The van der Waals surface area contributed by atoms with Gasteiger partial charge in [0.25, 0.3) is 0 Å². The molecule has 4 heteroatoms. The molecule has 3 heterocycles. The van der Waals surface area contributed by atoms with Crippen LogP contribution in [0.3, 0.4) is 0 Å². The van der Waals surface area contributed by atoms with Gasteiger partial charge in [-0.15, -0.1) is 0 Å². The maximum absolute atomic E-state index is 5.83.